The maximum absolute atomic E-state index is 5.07. The average molecular weight is 501 g/mol. The summed E-state index contributed by atoms with van der Waals surface area (Å²) < 4.78 is 2.49. The number of unbranched alkanes of at least 4 members (excludes halogenated alkanes) is 10. The molecule has 202 valence electrons. The van der Waals surface area contributed by atoms with Gasteiger partial charge in [0.15, 0.2) is 0 Å². The van der Waals surface area contributed by atoms with Gasteiger partial charge in [-0.05, 0) is 30.4 Å². The number of rotatable bonds is 19. The largest absolute Gasteiger partial charge is 0.335 e. The molecule has 0 aliphatic carbocycles. The molecule has 2 aromatic carbocycles. The van der Waals surface area contributed by atoms with Crippen molar-refractivity contribution in [2.45, 2.75) is 129 Å². The first-order valence-electron chi connectivity index (χ1n) is 15.3. The van der Waals surface area contributed by atoms with Crippen molar-refractivity contribution in [1.29, 1.82) is 0 Å². The molecule has 1 heterocycles. The van der Waals surface area contributed by atoms with Gasteiger partial charge in [0.1, 0.15) is 5.82 Å². The SMILES string of the molecule is CCCCCCCCCn1ccnc1C(CCCCCCC)C(C)(Cc1ccccc1)c1ccccc1. The van der Waals surface area contributed by atoms with E-state index in [4.69, 9.17) is 4.98 Å². The number of aromatic nitrogens is 2. The van der Waals surface area contributed by atoms with E-state index >= 15 is 0 Å². The van der Waals surface area contributed by atoms with Gasteiger partial charge in [-0.3, -0.25) is 0 Å². The van der Waals surface area contributed by atoms with Crippen LogP contribution in [0.5, 0.6) is 0 Å². The number of benzene rings is 2. The van der Waals surface area contributed by atoms with Crippen molar-refractivity contribution in [2.75, 3.05) is 0 Å². The molecule has 1 aromatic heterocycles. The molecule has 0 bridgehead atoms. The molecule has 2 nitrogen and oxygen atoms in total. The molecule has 0 saturated carbocycles. The molecule has 2 heteroatoms. The van der Waals surface area contributed by atoms with E-state index in [1.165, 1.54) is 100 Å². The van der Waals surface area contributed by atoms with E-state index in [0.29, 0.717) is 5.92 Å². The van der Waals surface area contributed by atoms with Crippen LogP contribution in [0, 0.1) is 0 Å². The standard InChI is InChI=1S/C35H52N2/c1-4-6-8-10-11-13-21-28-37-29-27-36-34(37)33(26-20-12-9-7-5-2)35(3,32-24-18-15-19-25-32)30-31-22-16-14-17-23-31/h14-19,22-25,27,29,33H,4-13,20-21,26,28,30H2,1-3H3. The van der Waals surface area contributed by atoms with E-state index in [1.807, 2.05) is 0 Å². The van der Waals surface area contributed by atoms with Gasteiger partial charge in [0.2, 0.25) is 0 Å². The Morgan fingerprint density at radius 1 is 0.703 bits per heavy atom. The number of hydrogen-bond donors (Lipinski definition) is 0. The second-order valence-corrected chi connectivity index (χ2v) is 11.3. The molecule has 0 saturated heterocycles. The predicted molar refractivity (Wildman–Crippen MR) is 160 cm³/mol. The van der Waals surface area contributed by atoms with Crippen LogP contribution in [-0.2, 0) is 18.4 Å². The first kappa shape index (κ1) is 29.2. The number of imidazole rings is 1. The normalized spacial score (nSPS) is 13.9. The fourth-order valence-corrected chi connectivity index (χ4v) is 6.01. The van der Waals surface area contributed by atoms with Crippen molar-refractivity contribution in [2.24, 2.45) is 0 Å². The van der Waals surface area contributed by atoms with E-state index in [-0.39, 0.29) is 5.41 Å². The van der Waals surface area contributed by atoms with E-state index < -0.39 is 0 Å². The lowest BCUT2D eigenvalue weighted by Crippen LogP contribution is -2.35. The molecular formula is C35H52N2. The lowest BCUT2D eigenvalue weighted by Gasteiger charge is -2.39. The van der Waals surface area contributed by atoms with E-state index in [2.05, 4.69) is 98.4 Å². The molecule has 0 amide bonds. The predicted octanol–water partition coefficient (Wildman–Crippen LogP) is 10.3. The minimum absolute atomic E-state index is 0.0172. The fourth-order valence-electron chi connectivity index (χ4n) is 6.01. The molecule has 0 spiro atoms. The van der Waals surface area contributed by atoms with Gasteiger partial charge in [0, 0.05) is 30.3 Å². The molecule has 3 rings (SSSR count). The molecule has 0 fully saturated rings. The summed E-state index contributed by atoms with van der Waals surface area (Å²) in [6.07, 6.45) is 22.5. The van der Waals surface area contributed by atoms with Crippen molar-refractivity contribution in [1.82, 2.24) is 9.55 Å². The summed E-state index contributed by atoms with van der Waals surface area (Å²) in [5.41, 5.74) is 2.83. The van der Waals surface area contributed by atoms with Crippen molar-refractivity contribution in [3.63, 3.8) is 0 Å². The zero-order valence-electron chi connectivity index (χ0n) is 24.0. The third-order valence-electron chi connectivity index (χ3n) is 8.27. The minimum Gasteiger partial charge on any atom is -0.335 e. The maximum atomic E-state index is 5.07. The van der Waals surface area contributed by atoms with Crippen molar-refractivity contribution in [3.8, 4) is 0 Å². The molecule has 0 radical (unpaired) electrons. The molecular weight excluding hydrogens is 448 g/mol. The van der Waals surface area contributed by atoms with Crippen LogP contribution < -0.4 is 0 Å². The van der Waals surface area contributed by atoms with Gasteiger partial charge in [-0.25, -0.2) is 4.98 Å². The Bertz CT molecular complexity index is 961. The zero-order valence-corrected chi connectivity index (χ0v) is 24.0. The summed E-state index contributed by atoms with van der Waals surface area (Å²) in [5.74, 6) is 1.68. The molecule has 0 N–H and O–H groups in total. The number of hydrogen-bond acceptors (Lipinski definition) is 1. The zero-order chi connectivity index (χ0) is 26.2. The first-order chi connectivity index (χ1) is 18.2. The topological polar surface area (TPSA) is 17.8 Å². The van der Waals surface area contributed by atoms with Crippen LogP contribution >= 0.6 is 0 Å². The lowest BCUT2D eigenvalue weighted by atomic mass is 9.66. The van der Waals surface area contributed by atoms with Gasteiger partial charge < -0.3 is 4.57 Å². The van der Waals surface area contributed by atoms with E-state index in [0.717, 1.165) is 13.0 Å². The maximum Gasteiger partial charge on any atom is 0.112 e. The summed E-state index contributed by atoms with van der Waals surface area (Å²) in [6.45, 7) is 8.18. The van der Waals surface area contributed by atoms with Crippen LogP contribution in [0.2, 0.25) is 0 Å². The van der Waals surface area contributed by atoms with Gasteiger partial charge >= 0.3 is 0 Å². The summed E-state index contributed by atoms with van der Waals surface area (Å²) in [4.78, 5) is 5.07. The van der Waals surface area contributed by atoms with Crippen LogP contribution in [0.15, 0.2) is 73.1 Å². The highest BCUT2D eigenvalue weighted by atomic mass is 15.1. The Hall–Kier alpha value is -2.35. The lowest BCUT2D eigenvalue weighted by molar-refractivity contribution is 0.321. The highest BCUT2D eigenvalue weighted by Crippen LogP contribution is 2.44. The molecule has 37 heavy (non-hydrogen) atoms. The quantitative estimate of drug-likeness (QED) is 0.150. The molecule has 0 aliphatic heterocycles. The highest BCUT2D eigenvalue weighted by molar-refractivity contribution is 5.33. The average Bonchev–Trinajstić information content (AvgIpc) is 3.39. The first-order valence-corrected chi connectivity index (χ1v) is 15.3. The van der Waals surface area contributed by atoms with Crippen LogP contribution in [-0.4, -0.2) is 9.55 Å². The van der Waals surface area contributed by atoms with E-state index in [9.17, 15) is 0 Å². The second kappa shape index (κ2) is 16.5. The van der Waals surface area contributed by atoms with E-state index in [1.54, 1.807) is 0 Å². The molecule has 2 atom stereocenters. The molecule has 2 unspecified atom stereocenters. The Labute approximate surface area is 227 Å². The van der Waals surface area contributed by atoms with Crippen molar-refractivity contribution in [3.05, 3.63) is 90.0 Å². The highest BCUT2D eigenvalue weighted by Gasteiger charge is 2.39. The Morgan fingerprint density at radius 3 is 1.92 bits per heavy atom. The Kier molecular flexibility index (Phi) is 13.0. The third-order valence-corrected chi connectivity index (χ3v) is 8.27. The summed E-state index contributed by atoms with van der Waals surface area (Å²) >= 11 is 0. The van der Waals surface area contributed by atoms with Gasteiger partial charge in [-0.1, -0.05) is 152 Å². The summed E-state index contributed by atoms with van der Waals surface area (Å²) in [5, 5.41) is 0. The number of nitrogens with zero attached hydrogens (tertiary/aromatic N) is 2. The van der Waals surface area contributed by atoms with Crippen molar-refractivity contribution < 1.29 is 0 Å². The second-order valence-electron chi connectivity index (χ2n) is 11.3. The molecule has 0 aliphatic rings. The Morgan fingerprint density at radius 2 is 1.27 bits per heavy atom. The monoisotopic (exact) mass is 500 g/mol. The summed E-state index contributed by atoms with van der Waals surface area (Å²) in [6, 6.07) is 22.3. The van der Waals surface area contributed by atoms with Crippen LogP contribution in [0.3, 0.4) is 0 Å². The van der Waals surface area contributed by atoms with Crippen LogP contribution in [0.1, 0.15) is 127 Å². The van der Waals surface area contributed by atoms with Gasteiger partial charge in [0.25, 0.3) is 0 Å². The van der Waals surface area contributed by atoms with Crippen LogP contribution in [0.25, 0.3) is 0 Å². The minimum atomic E-state index is -0.0172. The van der Waals surface area contributed by atoms with Gasteiger partial charge in [-0.15, -0.1) is 0 Å². The van der Waals surface area contributed by atoms with Gasteiger partial charge in [0.05, 0.1) is 0 Å². The smallest absolute Gasteiger partial charge is 0.112 e. The Balaban J connectivity index is 1.84. The molecule has 3 aromatic rings. The number of aryl methyl sites for hydroxylation is 1. The van der Waals surface area contributed by atoms with Crippen molar-refractivity contribution >= 4 is 0 Å². The fraction of sp³-hybridized carbons (Fsp3) is 0.571. The summed E-state index contributed by atoms with van der Waals surface area (Å²) in [7, 11) is 0. The van der Waals surface area contributed by atoms with Crippen LogP contribution in [0.4, 0.5) is 0 Å². The third kappa shape index (κ3) is 9.16. The van der Waals surface area contributed by atoms with Gasteiger partial charge in [-0.2, -0.15) is 0 Å².